The van der Waals surface area contributed by atoms with Crippen molar-refractivity contribution in [3.63, 3.8) is 0 Å². The van der Waals surface area contributed by atoms with E-state index in [4.69, 9.17) is 0 Å². The molecule has 0 saturated heterocycles. The normalized spacial score (nSPS) is 20.7. The molecule has 0 aromatic carbocycles. The molecule has 0 atom stereocenters. The third kappa shape index (κ3) is 1.08. The van der Waals surface area contributed by atoms with Crippen molar-refractivity contribution in [2.75, 3.05) is 0 Å². The predicted octanol–water partition coefficient (Wildman–Crippen LogP) is 0.0141. The fourth-order valence-corrected chi connectivity index (χ4v) is 0.815. The zero-order chi connectivity index (χ0) is 4.41. The van der Waals surface area contributed by atoms with Crippen LogP contribution >= 0.6 is 0 Å². The van der Waals surface area contributed by atoms with Crippen LogP contribution in [0.25, 0.3) is 0 Å². The minimum absolute atomic E-state index is 1.15. The molecular formula is C4H10B2. The van der Waals surface area contributed by atoms with Crippen LogP contribution in [0.1, 0.15) is 12.8 Å². The van der Waals surface area contributed by atoms with Crippen molar-refractivity contribution in [1.82, 2.24) is 0 Å². The summed E-state index contributed by atoms with van der Waals surface area (Å²) in [4.78, 5) is 0. The summed E-state index contributed by atoms with van der Waals surface area (Å²) in [6.45, 7) is 0. The highest BCUT2D eigenvalue weighted by atomic mass is 14.1. The number of rotatable bonds is 2. The molecule has 0 aliphatic heterocycles. The summed E-state index contributed by atoms with van der Waals surface area (Å²) < 4.78 is 0. The molecule has 2 heteroatoms. The molecule has 0 aromatic rings. The molecule has 1 aliphatic carbocycles. The SMILES string of the molecule is BCBC1CC1. The van der Waals surface area contributed by atoms with E-state index in [9.17, 15) is 0 Å². The van der Waals surface area contributed by atoms with E-state index in [0.29, 0.717) is 0 Å². The lowest BCUT2D eigenvalue weighted by atomic mass is 9.62. The van der Waals surface area contributed by atoms with Crippen molar-refractivity contribution < 1.29 is 0 Å². The molecular weight excluding hydrogens is 69.7 g/mol. The highest BCUT2D eigenvalue weighted by Crippen LogP contribution is 2.35. The maximum absolute atomic E-state index is 2.26. The second kappa shape index (κ2) is 1.72. The van der Waals surface area contributed by atoms with Gasteiger partial charge in [0.15, 0.2) is 0 Å². The van der Waals surface area contributed by atoms with Gasteiger partial charge in [0.2, 0.25) is 0 Å². The molecule has 0 heterocycles. The van der Waals surface area contributed by atoms with Gasteiger partial charge in [0.1, 0.15) is 7.28 Å². The molecule has 1 aliphatic rings. The van der Waals surface area contributed by atoms with Crippen molar-refractivity contribution in [2.45, 2.75) is 24.9 Å². The van der Waals surface area contributed by atoms with Crippen LogP contribution in [0, 0.1) is 0 Å². The van der Waals surface area contributed by atoms with E-state index in [0.717, 1.165) is 5.82 Å². The predicted molar refractivity (Wildman–Crippen MR) is 33.5 cm³/mol. The minimum atomic E-state index is 1.15. The summed E-state index contributed by atoms with van der Waals surface area (Å²) in [6.07, 6.45) is 4.44. The van der Waals surface area contributed by atoms with E-state index in [1.807, 2.05) is 0 Å². The van der Waals surface area contributed by atoms with Gasteiger partial charge in [0, 0.05) is 0 Å². The summed E-state index contributed by atoms with van der Waals surface area (Å²) in [7, 11) is 3.75. The average molecular weight is 79.7 g/mol. The van der Waals surface area contributed by atoms with Crippen LogP contribution in [0.4, 0.5) is 0 Å². The largest absolute Gasteiger partial charge is 0.116 e. The van der Waals surface area contributed by atoms with Gasteiger partial charge >= 0.3 is 0 Å². The molecule has 0 unspecified atom stereocenters. The molecule has 0 spiro atoms. The molecule has 1 saturated carbocycles. The third-order valence-electron chi connectivity index (χ3n) is 1.39. The highest BCUT2D eigenvalue weighted by Gasteiger charge is 2.19. The molecule has 0 amide bonds. The molecule has 1 fully saturated rings. The highest BCUT2D eigenvalue weighted by molar-refractivity contribution is 6.49. The molecule has 0 aromatic heterocycles. The summed E-state index contributed by atoms with van der Waals surface area (Å²) in [5.74, 6) is 1.15. The molecule has 0 N–H and O–H groups in total. The second-order valence-electron chi connectivity index (χ2n) is 2.23. The standard InChI is InChI=1S/C4H10B2/c5-3-6-4-1-2-4/h4,6H,1-3,5H2. The van der Waals surface area contributed by atoms with Gasteiger partial charge in [-0.1, -0.05) is 18.7 Å². The Bertz CT molecular complexity index is 40.8. The van der Waals surface area contributed by atoms with Gasteiger partial charge in [-0.25, -0.2) is 0 Å². The Kier molecular flexibility index (Phi) is 1.23. The summed E-state index contributed by atoms with van der Waals surface area (Å²) in [6, 6.07) is 0. The minimum Gasteiger partial charge on any atom is -0.104 e. The van der Waals surface area contributed by atoms with Gasteiger partial charge in [0.25, 0.3) is 0 Å². The van der Waals surface area contributed by atoms with E-state index in [2.05, 4.69) is 7.85 Å². The zero-order valence-corrected chi connectivity index (χ0v) is 4.41. The van der Waals surface area contributed by atoms with Crippen LogP contribution in [0.15, 0.2) is 0 Å². The lowest BCUT2D eigenvalue weighted by Crippen LogP contribution is -1.84. The van der Waals surface area contributed by atoms with Crippen molar-refractivity contribution in [3.05, 3.63) is 0 Å². The van der Waals surface area contributed by atoms with Crippen LogP contribution in [0.2, 0.25) is 12.0 Å². The third-order valence-corrected chi connectivity index (χ3v) is 1.39. The lowest BCUT2D eigenvalue weighted by molar-refractivity contribution is 1.43. The van der Waals surface area contributed by atoms with Gasteiger partial charge in [-0.2, -0.15) is 0 Å². The monoisotopic (exact) mass is 80.1 g/mol. The Morgan fingerprint density at radius 1 is 1.67 bits per heavy atom. The van der Waals surface area contributed by atoms with Crippen LogP contribution in [-0.2, 0) is 0 Å². The smallest absolute Gasteiger partial charge is 0.104 e. The van der Waals surface area contributed by atoms with Gasteiger partial charge in [-0.05, 0) is 0 Å². The Balaban J connectivity index is 1.88. The molecule has 1 rings (SSSR count). The molecule has 0 bridgehead atoms. The van der Waals surface area contributed by atoms with Crippen molar-refractivity contribution in [2.24, 2.45) is 0 Å². The zero-order valence-electron chi connectivity index (χ0n) is 4.41. The van der Waals surface area contributed by atoms with E-state index in [1.54, 1.807) is 0 Å². The van der Waals surface area contributed by atoms with Gasteiger partial charge in [0.05, 0.1) is 7.85 Å². The van der Waals surface area contributed by atoms with Crippen LogP contribution in [0.3, 0.4) is 0 Å². The Labute approximate surface area is 41.0 Å². The summed E-state index contributed by atoms with van der Waals surface area (Å²) in [5, 5.41) is 0. The molecule has 6 heavy (non-hydrogen) atoms. The first kappa shape index (κ1) is 4.29. The van der Waals surface area contributed by atoms with Crippen LogP contribution in [-0.4, -0.2) is 15.1 Å². The maximum atomic E-state index is 2.26. The topological polar surface area (TPSA) is 0 Å². The Hall–Kier alpha value is 0.130. The fraction of sp³-hybridized carbons (Fsp3) is 1.00. The van der Waals surface area contributed by atoms with Gasteiger partial charge in [-0.15, -0.1) is 6.22 Å². The molecule has 0 nitrogen and oxygen atoms in total. The van der Waals surface area contributed by atoms with Crippen molar-refractivity contribution in [1.29, 1.82) is 0 Å². The van der Waals surface area contributed by atoms with E-state index in [-0.39, 0.29) is 0 Å². The quantitative estimate of drug-likeness (QED) is 0.410. The van der Waals surface area contributed by atoms with Crippen molar-refractivity contribution >= 4 is 15.1 Å². The van der Waals surface area contributed by atoms with Crippen molar-refractivity contribution in [3.8, 4) is 0 Å². The first-order chi connectivity index (χ1) is 2.93. The van der Waals surface area contributed by atoms with Crippen LogP contribution in [0.5, 0.6) is 0 Å². The van der Waals surface area contributed by atoms with Gasteiger partial charge < -0.3 is 0 Å². The van der Waals surface area contributed by atoms with E-state index >= 15 is 0 Å². The van der Waals surface area contributed by atoms with E-state index < -0.39 is 0 Å². The fourth-order valence-electron chi connectivity index (χ4n) is 0.815. The Morgan fingerprint density at radius 2 is 2.33 bits per heavy atom. The molecule has 32 valence electrons. The second-order valence-corrected chi connectivity index (χ2v) is 2.23. The average Bonchev–Trinajstić information content (AvgIpc) is 2.21. The molecule has 0 radical (unpaired) electrons. The first-order valence-corrected chi connectivity index (χ1v) is 2.93. The van der Waals surface area contributed by atoms with Crippen LogP contribution < -0.4 is 0 Å². The van der Waals surface area contributed by atoms with Gasteiger partial charge in [-0.3, -0.25) is 0 Å². The summed E-state index contributed by atoms with van der Waals surface area (Å²) in [5.41, 5.74) is 0. The number of hydrogen-bond acceptors (Lipinski definition) is 0. The number of hydrogen-bond donors (Lipinski definition) is 0. The van der Waals surface area contributed by atoms with E-state index in [1.165, 1.54) is 26.3 Å². The Morgan fingerprint density at radius 3 is 2.50 bits per heavy atom. The maximum Gasteiger partial charge on any atom is 0.116 e. The lowest BCUT2D eigenvalue weighted by Gasteiger charge is -1.78. The summed E-state index contributed by atoms with van der Waals surface area (Å²) >= 11 is 0. The first-order valence-electron chi connectivity index (χ1n) is 2.93.